The fourth-order valence-electron chi connectivity index (χ4n) is 5.71. The zero-order valence-corrected chi connectivity index (χ0v) is 25.1. The Morgan fingerprint density at radius 1 is 0.705 bits per heavy atom. The third kappa shape index (κ3) is 6.00. The fraction of sp³-hybridized carbons (Fsp3) is 0.162. The molecule has 0 unspecified atom stereocenters. The lowest BCUT2D eigenvalue weighted by Gasteiger charge is -2.33. The topological polar surface area (TPSA) is 40.5 Å². The maximum Gasteiger partial charge on any atom is 0.162 e. The molecule has 7 heteroatoms. The van der Waals surface area contributed by atoms with E-state index in [1.165, 1.54) is 5.69 Å². The number of ether oxygens (including phenoxy) is 2. The first-order valence-electron chi connectivity index (χ1n) is 14.9. The fourth-order valence-corrected chi connectivity index (χ4v) is 5.83. The van der Waals surface area contributed by atoms with Gasteiger partial charge in [0.05, 0.1) is 18.9 Å². The van der Waals surface area contributed by atoms with Gasteiger partial charge in [-0.05, 0) is 66.2 Å². The monoisotopic (exact) mass is 600 g/mol. The molecule has 5 aromatic rings. The van der Waals surface area contributed by atoms with Crippen LogP contribution in [0.15, 0.2) is 139 Å². The van der Waals surface area contributed by atoms with Gasteiger partial charge in [-0.15, -0.1) is 0 Å². The van der Waals surface area contributed by atoms with Crippen LogP contribution in [0.2, 0.25) is 5.02 Å². The number of morpholine rings is 1. The van der Waals surface area contributed by atoms with Crippen molar-refractivity contribution in [2.24, 2.45) is 5.10 Å². The summed E-state index contributed by atoms with van der Waals surface area (Å²) in [6, 6.07) is 45.6. The summed E-state index contributed by atoms with van der Waals surface area (Å²) in [4.78, 5) is 4.70. The normalized spacial score (nSPS) is 16.6. The lowest BCUT2D eigenvalue weighted by Crippen LogP contribution is -2.37. The highest BCUT2D eigenvalue weighted by molar-refractivity contribution is 6.30. The summed E-state index contributed by atoms with van der Waals surface area (Å²) in [7, 11) is 0. The first-order chi connectivity index (χ1) is 21.7. The predicted molar refractivity (Wildman–Crippen MR) is 179 cm³/mol. The molecule has 0 spiro atoms. The number of hydrogen-bond donors (Lipinski definition) is 0. The largest absolute Gasteiger partial charge is 0.489 e. The highest BCUT2D eigenvalue weighted by Gasteiger charge is 2.38. The van der Waals surface area contributed by atoms with Crippen LogP contribution in [0.25, 0.3) is 0 Å². The van der Waals surface area contributed by atoms with E-state index in [4.69, 9.17) is 26.2 Å². The lowest BCUT2D eigenvalue weighted by atomic mass is 10.1. The minimum Gasteiger partial charge on any atom is -0.489 e. The number of nitrogens with zero attached hydrogens (tertiary/aromatic N) is 4. The molecule has 1 atom stereocenters. The first-order valence-corrected chi connectivity index (χ1v) is 15.3. The Balaban J connectivity index is 1.28. The average Bonchev–Trinajstić information content (AvgIpc) is 3.50. The van der Waals surface area contributed by atoms with E-state index in [2.05, 4.69) is 106 Å². The van der Waals surface area contributed by atoms with Gasteiger partial charge in [-0.2, -0.15) is 5.10 Å². The highest BCUT2D eigenvalue weighted by atomic mass is 35.5. The molecule has 0 aromatic heterocycles. The van der Waals surface area contributed by atoms with Crippen LogP contribution in [0.3, 0.4) is 0 Å². The molecule has 5 aromatic carbocycles. The molecule has 0 N–H and O–H groups in total. The molecule has 2 heterocycles. The number of halogens is 1. The number of amidine groups is 1. The van der Waals surface area contributed by atoms with E-state index in [0.29, 0.717) is 11.6 Å². The van der Waals surface area contributed by atoms with E-state index in [-0.39, 0.29) is 6.17 Å². The standard InChI is InChI=1S/C37H33ClN4O2/c38-31-16-14-28(15-17-31)27-44-35-13-7-10-30(26-35)37-41(33-20-18-32(19-21-33)40-22-24-43-25-23-40)36(29-8-3-1-4-9-29)39-42(37)34-11-5-2-6-12-34/h1-21,26,37H,22-25,27H2/t37-/m1/s1. The number of para-hydroxylation sites is 1. The van der Waals surface area contributed by atoms with Gasteiger partial charge in [0.2, 0.25) is 0 Å². The zero-order chi connectivity index (χ0) is 29.7. The third-order valence-electron chi connectivity index (χ3n) is 7.94. The van der Waals surface area contributed by atoms with Crippen LogP contribution < -0.4 is 19.5 Å². The maximum atomic E-state index is 6.28. The molecule has 0 radical (unpaired) electrons. The van der Waals surface area contributed by atoms with Crippen LogP contribution in [-0.2, 0) is 11.3 Å². The van der Waals surface area contributed by atoms with Crippen molar-refractivity contribution in [2.75, 3.05) is 41.1 Å². The molecule has 1 saturated heterocycles. The van der Waals surface area contributed by atoms with Crippen molar-refractivity contribution in [1.82, 2.24) is 0 Å². The second-order valence-electron chi connectivity index (χ2n) is 10.8. The Bertz CT molecular complexity index is 1710. The van der Waals surface area contributed by atoms with Gasteiger partial charge >= 0.3 is 0 Å². The van der Waals surface area contributed by atoms with E-state index >= 15 is 0 Å². The quantitative estimate of drug-likeness (QED) is 0.180. The summed E-state index contributed by atoms with van der Waals surface area (Å²) in [5.41, 5.74) is 6.43. The number of hydrogen-bond acceptors (Lipinski definition) is 6. The minimum atomic E-state index is -0.249. The van der Waals surface area contributed by atoms with Crippen molar-refractivity contribution in [3.8, 4) is 5.75 Å². The molecule has 44 heavy (non-hydrogen) atoms. The second-order valence-corrected chi connectivity index (χ2v) is 11.3. The Labute approximate surface area is 263 Å². The number of hydrazone groups is 1. The molecular weight excluding hydrogens is 568 g/mol. The Morgan fingerprint density at radius 2 is 1.39 bits per heavy atom. The summed E-state index contributed by atoms with van der Waals surface area (Å²) in [5, 5.41) is 8.10. The van der Waals surface area contributed by atoms with Gasteiger partial charge in [0.1, 0.15) is 12.4 Å². The van der Waals surface area contributed by atoms with Gasteiger partial charge in [0, 0.05) is 40.6 Å². The maximum absolute atomic E-state index is 6.28. The predicted octanol–water partition coefficient (Wildman–Crippen LogP) is 8.14. The molecule has 1 fully saturated rings. The molecule has 2 aliphatic rings. The third-order valence-corrected chi connectivity index (χ3v) is 8.19. The van der Waals surface area contributed by atoms with Crippen molar-refractivity contribution in [3.63, 3.8) is 0 Å². The summed E-state index contributed by atoms with van der Waals surface area (Å²) < 4.78 is 11.9. The van der Waals surface area contributed by atoms with Crippen molar-refractivity contribution in [2.45, 2.75) is 12.8 Å². The Kier molecular flexibility index (Phi) is 8.17. The van der Waals surface area contributed by atoms with Crippen molar-refractivity contribution < 1.29 is 9.47 Å². The van der Waals surface area contributed by atoms with Gasteiger partial charge in [0.25, 0.3) is 0 Å². The van der Waals surface area contributed by atoms with Gasteiger partial charge in [-0.3, -0.25) is 4.90 Å². The van der Waals surface area contributed by atoms with Crippen LogP contribution in [0.4, 0.5) is 17.1 Å². The molecule has 2 aliphatic heterocycles. The van der Waals surface area contributed by atoms with E-state index in [0.717, 1.165) is 66.0 Å². The lowest BCUT2D eigenvalue weighted by molar-refractivity contribution is 0.122. The van der Waals surface area contributed by atoms with Gasteiger partial charge in [-0.1, -0.05) is 84.4 Å². The van der Waals surface area contributed by atoms with E-state index in [9.17, 15) is 0 Å². The van der Waals surface area contributed by atoms with E-state index in [1.54, 1.807) is 0 Å². The Hall–Kier alpha value is -4.78. The second kappa shape index (κ2) is 12.8. The SMILES string of the molecule is Clc1ccc(COc2cccc([C@H]3N(c4ccccc4)N=C(c4ccccc4)N3c3ccc(N4CCOCC4)cc3)c2)cc1. The van der Waals surface area contributed by atoms with E-state index in [1.807, 2.05) is 42.5 Å². The van der Waals surface area contributed by atoms with Crippen molar-refractivity contribution >= 4 is 34.5 Å². The molecule has 0 bridgehead atoms. The molecular formula is C37H33ClN4O2. The highest BCUT2D eigenvalue weighted by Crippen LogP contribution is 2.41. The van der Waals surface area contributed by atoms with Crippen LogP contribution in [0.1, 0.15) is 22.9 Å². The summed E-state index contributed by atoms with van der Waals surface area (Å²) in [6.07, 6.45) is -0.249. The van der Waals surface area contributed by atoms with Crippen LogP contribution >= 0.6 is 11.6 Å². The molecule has 0 aliphatic carbocycles. The molecule has 6 nitrogen and oxygen atoms in total. The first kappa shape index (κ1) is 28.0. The number of benzene rings is 5. The van der Waals surface area contributed by atoms with Crippen molar-refractivity contribution in [3.05, 3.63) is 155 Å². The van der Waals surface area contributed by atoms with Crippen LogP contribution in [0, 0.1) is 0 Å². The zero-order valence-electron chi connectivity index (χ0n) is 24.3. The van der Waals surface area contributed by atoms with Crippen LogP contribution in [0.5, 0.6) is 5.75 Å². The van der Waals surface area contributed by atoms with Gasteiger partial charge in [0.15, 0.2) is 12.0 Å². The molecule has 7 rings (SSSR count). The average molecular weight is 601 g/mol. The summed E-state index contributed by atoms with van der Waals surface area (Å²) in [5.74, 6) is 1.67. The summed E-state index contributed by atoms with van der Waals surface area (Å²) >= 11 is 6.09. The molecule has 220 valence electrons. The van der Waals surface area contributed by atoms with Gasteiger partial charge < -0.3 is 14.4 Å². The number of rotatable bonds is 8. The molecule has 0 amide bonds. The van der Waals surface area contributed by atoms with Gasteiger partial charge in [-0.25, -0.2) is 5.01 Å². The van der Waals surface area contributed by atoms with E-state index < -0.39 is 0 Å². The molecule has 0 saturated carbocycles. The minimum absolute atomic E-state index is 0.249. The smallest absolute Gasteiger partial charge is 0.162 e. The summed E-state index contributed by atoms with van der Waals surface area (Å²) in [6.45, 7) is 3.75. The van der Waals surface area contributed by atoms with Crippen LogP contribution in [-0.4, -0.2) is 32.1 Å². The van der Waals surface area contributed by atoms with Crippen molar-refractivity contribution in [1.29, 1.82) is 0 Å². The number of anilines is 3. The Morgan fingerprint density at radius 3 is 2.11 bits per heavy atom.